The minimum absolute atomic E-state index is 0.102. The van der Waals surface area contributed by atoms with E-state index >= 15 is 0 Å². The van der Waals surface area contributed by atoms with Crippen LogP contribution in [0.4, 0.5) is 0 Å². The van der Waals surface area contributed by atoms with Gasteiger partial charge in [-0.3, -0.25) is 4.79 Å². The van der Waals surface area contributed by atoms with Crippen LogP contribution in [-0.4, -0.2) is 36.8 Å². The summed E-state index contributed by atoms with van der Waals surface area (Å²) >= 11 is 3.40. The summed E-state index contributed by atoms with van der Waals surface area (Å²) in [6, 6.07) is 14.4. The summed E-state index contributed by atoms with van der Waals surface area (Å²) < 4.78 is 11.9. The van der Waals surface area contributed by atoms with Gasteiger partial charge in [-0.2, -0.15) is 9.90 Å². The zero-order valence-corrected chi connectivity index (χ0v) is 17.1. The molecule has 150 valence electrons. The molecule has 1 unspecified atom stereocenters. The number of hydrogen-bond donors (Lipinski definition) is 0. The average Bonchev–Trinajstić information content (AvgIpc) is 3.55. The van der Waals surface area contributed by atoms with Gasteiger partial charge in [0, 0.05) is 16.5 Å². The standard InChI is InChI=1S/C20H15BrN6O3/c21-14-7-5-13(6-8-14)20-22-25-26(24-20)12-19(28)27-16(18-4-2-10-30-18)11-15(23-27)17-3-1-9-29-17/h1-10,16H,11-12H2. The number of hydrogen-bond acceptors (Lipinski definition) is 7. The molecule has 0 saturated carbocycles. The Morgan fingerprint density at radius 2 is 1.90 bits per heavy atom. The fraction of sp³-hybridized carbons (Fsp3) is 0.150. The number of hydrazone groups is 1. The van der Waals surface area contributed by atoms with Gasteiger partial charge in [-0.15, -0.1) is 10.2 Å². The van der Waals surface area contributed by atoms with Gasteiger partial charge in [-0.05, 0) is 53.7 Å². The quantitative estimate of drug-likeness (QED) is 0.444. The Labute approximate surface area is 179 Å². The third-order valence-electron chi connectivity index (χ3n) is 4.68. The Bertz CT molecular complexity index is 1180. The lowest BCUT2D eigenvalue weighted by Crippen LogP contribution is -2.31. The molecule has 5 rings (SSSR count). The van der Waals surface area contributed by atoms with Gasteiger partial charge in [0.2, 0.25) is 5.82 Å². The lowest BCUT2D eigenvalue weighted by Gasteiger charge is -2.19. The predicted molar refractivity (Wildman–Crippen MR) is 109 cm³/mol. The second kappa shape index (κ2) is 7.71. The first-order valence-corrected chi connectivity index (χ1v) is 9.97. The van der Waals surface area contributed by atoms with E-state index in [1.807, 2.05) is 36.4 Å². The second-order valence-electron chi connectivity index (χ2n) is 6.65. The molecule has 1 atom stereocenters. The summed E-state index contributed by atoms with van der Waals surface area (Å²) in [5, 5.41) is 18.3. The van der Waals surface area contributed by atoms with E-state index < -0.39 is 0 Å². The van der Waals surface area contributed by atoms with Crippen molar-refractivity contribution in [2.24, 2.45) is 5.10 Å². The van der Waals surface area contributed by atoms with Crippen molar-refractivity contribution in [3.63, 3.8) is 0 Å². The Morgan fingerprint density at radius 3 is 2.63 bits per heavy atom. The SMILES string of the molecule is O=C(Cn1nnc(-c2ccc(Br)cc2)n1)N1N=C(c2ccco2)CC1c1ccco1. The van der Waals surface area contributed by atoms with Gasteiger partial charge in [0.25, 0.3) is 5.91 Å². The number of halogens is 1. The largest absolute Gasteiger partial charge is 0.467 e. The molecular weight excluding hydrogens is 452 g/mol. The van der Waals surface area contributed by atoms with Crippen molar-refractivity contribution < 1.29 is 13.6 Å². The smallest absolute Gasteiger partial charge is 0.267 e. The fourth-order valence-electron chi connectivity index (χ4n) is 3.25. The van der Waals surface area contributed by atoms with Gasteiger partial charge in [0.15, 0.2) is 0 Å². The lowest BCUT2D eigenvalue weighted by molar-refractivity contribution is -0.134. The van der Waals surface area contributed by atoms with E-state index in [1.54, 1.807) is 24.7 Å². The molecule has 1 aromatic carbocycles. The van der Waals surface area contributed by atoms with E-state index in [9.17, 15) is 4.79 Å². The maximum atomic E-state index is 13.0. The van der Waals surface area contributed by atoms with Crippen molar-refractivity contribution in [1.82, 2.24) is 25.2 Å². The van der Waals surface area contributed by atoms with E-state index in [2.05, 4.69) is 36.4 Å². The number of carbonyl (C=O) groups is 1. The van der Waals surface area contributed by atoms with Crippen LogP contribution in [0.3, 0.4) is 0 Å². The third-order valence-corrected chi connectivity index (χ3v) is 5.20. The average molecular weight is 467 g/mol. The predicted octanol–water partition coefficient (Wildman–Crippen LogP) is 3.67. The Balaban J connectivity index is 1.38. The van der Waals surface area contributed by atoms with Crippen LogP contribution in [0.15, 0.2) is 79.5 Å². The molecule has 0 radical (unpaired) electrons. The Morgan fingerprint density at radius 1 is 1.10 bits per heavy atom. The molecule has 0 saturated heterocycles. The van der Waals surface area contributed by atoms with Gasteiger partial charge >= 0.3 is 0 Å². The number of amides is 1. The first-order valence-electron chi connectivity index (χ1n) is 9.18. The van der Waals surface area contributed by atoms with E-state index in [-0.39, 0.29) is 18.5 Å². The maximum absolute atomic E-state index is 13.0. The third kappa shape index (κ3) is 3.57. The second-order valence-corrected chi connectivity index (χ2v) is 7.56. The lowest BCUT2D eigenvalue weighted by atomic mass is 10.1. The molecule has 9 nitrogen and oxygen atoms in total. The maximum Gasteiger partial charge on any atom is 0.267 e. The molecule has 0 N–H and O–H groups in total. The highest BCUT2D eigenvalue weighted by atomic mass is 79.9. The van der Waals surface area contributed by atoms with Crippen LogP contribution >= 0.6 is 15.9 Å². The molecule has 0 fully saturated rings. The van der Waals surface area contributed by atoms with Gasteiger partial charge in [0.05, 0.1) is 12.5 Å². The van der Waals surface area contributed by atoms with Gasteiger partial charge in [-0.1, -0.05) is 15.9 Å². The summed E-state index contributed by atoms with van der Waals surface area (Å²) in [4.78, 5) is 14.3. The number of carbonyl (C=O) groups excluding carboxylic acids is 1. The summed E-state index contributed by atoms with van der Waals surface area (Å²) in [5.74, 6) is 1.44. The van der Waals surface area contributed by atoms with Crippen molar-refractivity contribution in [3.05, 3.63) is 77.1 Å². The Hall–Kier alpha value is -3.53. The van der Waals surface area contributed by atoms with Crippen LogP contribution in [0.2, 0.25) is 0 Å². The Kier molecular flexibility index (Phi) is 4.75. The summed E-state index contributed by atoms with van der Waals surface area (Å²) in [6.45, 7) is -0.102. The monoisotopic (exact) mass is 466 g/mol. The topological polar surface area (TPSA) is 103 Å². The van der Waals surface area contributed by atoms with Crippen LogP contribution in [-0.2, 0) is 11.3 Å². The van der Waals surface area contributed by atoms with Crippen molar-refractivity contribution in [1.29, 1.82) is 0 Å². The van der Waals surface area contributed by atoms with Gasteiger partial charge in [0.1, 0.15) is 29.8 Å². The molecule has 0 spiro atoms. The zero-order chi connectivity index (χ0) is 20.5. The molecule has 0 bridgehead atoms. The number of rotatable bonds is 5. The van der Waals surface area contributed by atoms with E-state index in [0.29, 0.717) is 29.5 Å². The molecule has 0 aliphatic carbocycles. The van der Waals surface area contributed by atoms with Crippen LogP contribution in [0.5, 0.6) is 0 Å². The van der Waals surface area contributed by atoms with Crippen LogP contribution in [0.1, 0.15) is 24.0 Å². The molecule has 4 heterocycles. The normalized spacial score (nSPS) is 16.1. The van der Waals surface area contributed by atoms with Crippen molar-refractivity contribution in [3.8, 4) is 11.4 Å². The summed E-state index contributed by atoms with van der Waals surface area (Å²) in [7, 11) is 0. The highest BCUT2D eigenvalue weighted by Gasteiger charge is 2.36. The van der Waals surface area contributed by atoms with Crippen molar-refractivity contribution in [2.75, 3.05) is 0 Å². The van der Waals surface area contributed by atoms with Gasteiger partial charge < -0.3 is 8.83 Å². The van der Waals surface area contributed by atoms with Crippen molar-refractivity contribution in [2.45, 2.75) is 19.0 Å². The van der Waals surface area contributed by atoms with Gasteiger partial charge in [-0.25, -0.2) is 5.01 Å². The molecular formula is C20H15BrN6O3. The summed E-state index contributed by atoms with van der Waals surface area (Å²) in [6.07, 6.45) is 3.64. The molecule has 30 heavy (non-hydrogen) atoms. The zero-order valence-electron chi connectivity index (χ0n) is 15.6. The molecule has 4 aromatic rings. The number of aromatic nitrogens is 4. The minimum atomic E-state index is -0.359. The van der Waals surface area contributed by atoms with Crippen molar-refractivity contribution >= 4 is 27.5 Å². The summed E-state index contributed by atoms with van der Waals surface area (Å²) in [5.41, 5.74) is 1.49. The van der Waals surface area contributed by atoms with E-state index in [0.717, 1.165) is 10.0 Å². The highest BCUT2D eigenvalue weighted by molar-refractivity contribution is 9.10. The number of tetrazole rings is 1. The molecule has 1 amide bonds. The first-order chi connectivity index (χ1) is 14.7. The fourth-order valence-corrected chi connectivity index (χ4v) is 3.52. The number of nitrogens with zero attached hydrogens (tertiary/aromatic N) is 6. The molecule has 1 aliphatic heterocycles. The van der Waals surface area contributed by atoms with Crippen LogP contribution in [0, 0.1) is 0 Å². The minimum Gasteiger partial charge on any atom is -0.467 e. The highest BCUT2D eigenvalue weighted by Crippen LogP contribution is 2.33. The van der Waals surface area contributed by atoms with E-state index in [4.69, 9.17) is 8.83 Å². The number of benzene rings is 1. The molecule has 3 aromatic heterocycles. The van der Waals surface area contributed by atoms with Crippen LogP contribution in [0.25, 0.3) is 11.4 Å². The first kappa shape index (κ1) is 18.5. The van der Waals surface area contributed by atoms with E-state index in [1.165, 1.54) is 9.81 Å². The number of furan rings is 2. The van der Waals surface area contributed by atoms with Crippen LogP contribution < -0.4 is 0 Å². The molecule has 1 aliphatic rings. The molecule has 10 heteroatoms.